The van der Waals surface area contributed by atoms with Crippen LogP contribution in [0.3, 0.4) is 0 Å². The van der Waals surface area contributed by atoms with E-state index in [2.05, 4.69) is 15.1 Å². The van der Waals surface area contributed by atoms with Gasteiger partial charge in [0, 0.05) is 39.1 Å². The fourth-order valence-corrected chi connectivity index (χ4v) is 3.00. The highest BCUT2D eigenvalue weighted by Gasteiger charge is 2.22. The van der Waals surface area contributed by atoms with Gasteiger partial charge < -0.3 is 9.64 Å². The van der Waals surface area contributed by atoms with Crippen LogP contribution in [0.2, 0.25) is 0 Å². The predicted molar refractivity (Wildman–Crippen MR) is 92.5 cm³/mol. The summed E-state index contributed by atoms with van der Waals surface area (Å²) >= 11 is 0. The van der Waals surface area contributed by atoms with Gasteiger partial charge in [-0.25, -0.2) is 4.98 Å². The van der Waals surface area contributed by atoms with Crippen molar-refractivity contribution in [3.8, 4) is 23.1 Å². The van der Waals surface area contributed by atoms with Gasteiger partial charge in [-0.15, -0.1) is 0 Å². The van der Waals surface area contributed by atoms with Gasteiger partial charge in [-0.1, -0.05) is 6.07 Å². The maximum atomic E-state index is 5.89. The molecule has 1 aliphatic carbocycles. The Balaban J connectivity index is 1.69. The van der Waals surface area contributed by atoms with E-state index >= 15 is 0 Å². The molecule has 0 saturated carbocycles. The number of aromatic nitrogens is 4. The Bertz CT molecular complexity index is 900. The molecule has 1 aliphatic rings. The van der Waals surface area contributed by atoms with Gasteiger partial charge in [-0.3, -0.25) is 4.68 Å². The van der Waals surface area contributed by atoms with Gasteiger partial charge >= 0.3 is 6.01 Å². The molecule has 6 nitrogen and oxygen atoms in total. The number of ether oxygens (including phenoxy) is 1. The second-order valence-electron chi connectivity index (χ2n) is 6.16. The second-order valence-corrected chi connectivity index (χ2v) is 6.16. The third kappa shape index (κ3) is 2.50. The van der Waals surface area contributed by atoms with Crippen LogP contribution in [0.1, 0.15) is 11.1 Å². The van der Waals surface area contributed by atoms with Crippen molar-refractivity contribution in [1.82, 2.24) is 19.7 Å². The van der Waals surface area contributed by atoms with Crippen molar-refractivity contribution in [2.75, 3.05) is 19.0 Å². The molecule has 0 N–H and O–H groups in total. The molecule has 122 valence electrons. The Morgan fingerprint density at radius 1 is 1.12 bits per heavy atom. The summed E-state index contributed by atoms with van der Waals surface area (Å²) in [7, 11) is 5.94. The Morgan fingerprint density at radius 2 is 1.96 bits per heavy atom. The van der Waals surface area contributed by atoms with E-state index in [9.17, 15) is 0 Å². The van der Waals surface area contributed by atoms with Gasteiger partial charge in [0.15, 0.2) is 0 Å². The van der Waals surface area contributed by atoms with Crippen LogP contribution in [0.15, 0.2) is 36.7 Å². The Labute approximate surface area is 140 Å². The van der Waals surface area contributed by atoms with Gasteiger partial charge in [0.1, 0.15) is 5.75 Å². The number of nitrogens with zero attached hydrogens (tertiary/aromatic N) is 5. The van der Waals surface area contributed by atoms with Crippen LogP contribution >= 0.6 is 0 Å². The fourth-order valence-electron chi connectivity index (χ4n) is 3.00. The second kappa shape index (κ2) is 5.63. The van der Waals surface area contributed by atoms with Gasteiger partial charge in [0.25, 0.3) is 0 Å². The van der Waals surface area contributed by atoms with E-state index < -0.39 is 0 Å². The third-order valence-electron chi connectivity index (χ3n) is 4.29. The largest absolute Gasteiger partial charge is 0.424 e. The molecular weight excluding hydrogens is 302 g/mol. The minimum absolute atomic E-state index is 0.360. The fraction of sp³-hybridized carbons (Fsp3) is 0.278. The lowest BCUT2D eigenvalue weighted by atomic mass is 9.95. The molecule has 0 unspecified atom stereocenters. The quantitative estimate of drug-likeness (QED) is 0.742. The van der Waals surface area contributed by atoms with E-state index in [0.717, 1.165) is 41.2 Å². The number of rotatable bonds is 3. The summed E-state index contributed by atoms with van der Waals surface area (Å²) in [5, 5.41) is 4.35. The lowest BCUT2D eigenvalue weighted by molar-refractivity contribution is 0.441. The van der Waals surface area contributed by atoms with Crippen molar-refractivity contribution in [2.24, 2.45) is 7.05 Å². The lowest BCUT2D eigenvalue weighted by Gasteiger charge is -2.17. The normalized spacial score (nSPS) is 12.5. The standard InChI is InChI=1S/C18H19N5O/c1-22(2)14-5-4-6-15(9-14)24-18-19-10-12-7-8-13-11-20-23(3)17(13)16(12)21-18/h4-6,9-11H,7-8H2,1-3H3. The van der Waals surface area contributed by atoms with E-state index in [1.54, 1.807) is 0 Å². The molecule has 2 aromatic heterocycles. The molecule has 0 spiro atoms. The van der Waals surface area contributed by atoms with E-state index in [1.807, 2.05) is 67.4 Å². The van der Waals surface area contributed by atoms with Crippen molar-refractivity contribution >= 4 is 5.69 Å². The zero-order chi connectivity index (χ0) is 16.7. The molecule has 0 saturated heterocycles. The van der Waals surface area contributed by atoms with Crippen LogP contribution in [0, 0.1) is 0 Å². The predicted octanol–water partition coefficient (Wildman–Crippen LogP) is 2.83. The Kier molecular flexibility index (Phi) is 3.45. The average molecular weight is 321 g/mol. The van der Waals surface area contributed by atoms with Crippen LogP contribution < -0.4 is 9.64 Å². The van der Waals surface area contributed by atoms with Crippen LogP contribution in [-0.2, 0) is 19.9 Å². The number of hydrogen-bond acceptors (Lipinski definition) is 5. The third-order valence-corrected chi connectivity index (χ3v) is 4.29. The smallest absolute Gasteiger partial charge is 0.322 e. The van der Waals surface area contributed by atoms with Crippen LogP contribution in [-0.4, -0.2) is 33.8 Å². The summed E-state index contributed by atoms with van der Waals surface area (Å²) in [6.07, 6.45) is 5.69. The molecule has 0 amide bonds. The molecule has 3 aromatic rings. The summed E-state index contributed by atoms with van der Waals surface area (Å²) < 4.78 is 7.76. The highest BCUT2D eigenvalue weighted by molar-refractivity contribution is 5.65. The van der Waals surface area contributed by atoms with Gasteiger partial charge in [-0.2, -0.15) is 10.1 Å². The lowest BCUT2D eigenvalue weighted by Crippen LogP contribution is -2.10. The first-order valence-electron chi connectivity index (χ1n) is 7.94. The number of aryl methyl sites for hydroxylation is 3. The summed E-state index contributed by atoms with van der Waals surface area (Å²) in [6.45, 7) is 0. The molecule has 0 radical (unpaired) electrons. The number of benzene rings is 1. The van der Waals surface area contributed by atoms with Crippen LogP contribution in [0.25, 0.3) is 11.4 Å². The molecule has 0 fully saturated rings. The van der Waals surface area contributed by atoms with E-state index in [0.29, 0.717) is 6.01 Å². The Hall–Kier alpha value is -2.89. The zero-order valence-corrected chi connectivity index (χ0v) is 14.0. The van der Waals surface area contributed by atoms with Crippen LogP contribution in [0.4, 0.5) is 5.69 Å². The molecule has 0 atom stereocenters. The summed E-state index contributed by atoms with van der Waals surface area (Å²) in [4.78, 5) is 11.1. The topological polar surface area (TPSA) is 56.1 Å². The number of anilines is 1. The number of hydrogen-bond donors (Lipinski definition) is 0. The highest BCUT2D eigenvalue weighted by Crippen LogP contribution is 2.33. The first kappa shape index (κ1) is 14.7. The van der Waals surface area contributed by atoms with E-state index in [4.69, 9.17) is 4.74 Å². The summed E-state index contributed by atoms with van der Waals surface area (Å²) in [6, 6.07) is 8.23. The molecular formula is C18H19N5O. The first-order valence-corrected chi connectivity index (χ1v) is 7.94. The highest BCUT2D eigenvalue weighted by atomic mass is 16.5. The molecule has 6 heteroatoms. The molecule has 0 bridgehead atoms. The zero-order valence-electron chi connectivity index (χ0n) is 14.0. The molecule has 4 rings (SSSR count). The van der Waals surface area contributed by atoms with Gasteiger partial charge in [0.2, 0.25) is 0 Å². The van der Waals surface area contributed by atoms with E-state index in [-0.39, 0.29) is 0 Å². The minimum Gasteiger partial charge on any atom is -0.424 e. The molecule has 24 heavy (non-hydrogen) atoms. The van der Waals surface area contributed by atoms with E-state index in [1.165, 1.54) is 5.56 Å². The molecule has 1 aromatic carbocycles. The van der Waals surface area contributed by atoms with Crippen molar-refractivity contribution in [1.29, 1.82) is 0 Å². The summed E-state index contributed by atoms with van der Waals surface area (Å²) in [5.41, 5.74) is 5.42. The van der Waals surface area contributed by atoms with Crippen molar-refractivity contribution in [2.45, 2.75) is 12.8 Å². The molecule has 0 aliphatic heterocycles. The minimum atomic E-state index is 0.360. The Morgan fingerprint density at radius 3 is 2.79 bits per heavy atom. The van der Waals surface area contributed by atoms with Gasteiger partial charge in [0.05, 0.1) is 17.6 Å². The van der Waals surface area contributed by atoms with Crippen molar-refractivity contribution < 1.29 is 4.74 Å². The monoisotopic (exact) mass is 321 g/mol. The maximum absolute atomic E-state index is 5.89. The molecule has 2 heterocycles. The SMILES string of the molecule is CN(C)c1cccc(Oc2ncc3c(n2)-c2c(cnn2C)CC3)c1. The first-order chi connectivity index (χ1) is 11.6. The van der Waals surface area contributed by atoms with Crippen molar-refractivity contribution in [3.63, 3.8) is 0 Å². The van der Waals surface area contributed by atoms with Crippen LogP contribution in [0.5, 0.6) is 11.8 Å². The van der Waals surface area contributed by atoms with Crippen molar-refractivity contribution in [3.05, 3.63) is 47.8 Å². The maximum Gasteiger partial charge on any atom is 0.322 e. The average Bonchev–Trinajstić information content (AvgIpc) is 2.97. The summed E-state index contributed by atoms with van der Waals surface area (Å²) in [5.74, 6) is 0.724. The number of fused-ring (bicyclic) bond motifs is 3. The van der Waals surface area contributed by atoms with Gasteiger partial charge in [-0.05, 0) is 36.1 Å².